The minimum atomic E-state index is -2.96. The van der Waals surface area contributed by atoms with Gasteiger partial charge in [0.1, 0.15) is 0 Å². The van der Waals surface area contributed by atoms with Crippen LogP contribution >= 0.6 is 11.5 Å². The zero-order chi connectivity index (χ0) is 15.2. The van der Waals surface area contributed by atoms with Crippen molar-refractivity contribution in [2.45, 2.75) is 6.61 Å². The van der Waals surface area contributed by atoms with E-state index in [4.69, 9.17) is 4.74 Å². The maximum atomic E-state index is 12.2. The second kappa shape index (κ2) is 6.89. The first kappa shape index (κ1) is 15.0. The van der Waals surface area contributed by atoms with Gasteiger partial charge in [0.25, 0.3) is 0 Å². The van der Waals surface area contributed by atoms with Gasteiger partial charge in [0, 0.05) is 10.9 Å². The Kier molecular flexibility index (Phi) is 4.94. The zero-order valence-electron chi connectivity index (χ0n) is 10.8. The highest BCUT2D eigenvalue weighted by atomic mass is 32.1. The highest BCUT2D eigenvalue weighted by Crippen LogP contribution is 2.29. The number of hydrogen-bond donors (Lipinski definition) is 0. The van der Waals surface area contributed by atoms with E-state index >= 15 is 0 Å². The average molecular weight is 312 g/mol. The van der Waals surface area contributed by atoms with Crippen molar-refractivity contribution in [1.29, 1.82) is 0 Å². The molecule has 0 bridgehead atoms. The third kappa shape index (κ3) is 4.06. The van der Waals surface area contributed by atoms with E-state index in [1.165, 1.54) is 49.0 Å². The monoisotopic (exact) mass is 312 g/mol. The fourth-order valence-corrected chi connectivity index (χ4v) is 1.94. The number of methoxy groups -OCH3 is 1. The van der Waals surface area contributed by atoms with E-state index in [-0.39, 0.29) is 22.8 Å². The second-order valence-corrected chi connectivity index (χ2v) is 4.38. The molecule has 2 rings (SSSR count). The summed E-state index contributed by atoms with van der Waals surface area (Å²) in [7, 11) is 1.30. The molecule has 0 spiro atoms. The van der Waals surface area contributed by atoms with Crippen molar-refractivity contribution >= 4 is 23.4 Å². The fourth-order valence-electron chi connectivity index (χ4n) is 1.52. The summed E-state index contributed by atoms with van der Waals surface area (Å²) in [5.41, 5.74) is 0.853. The predicted molar refractivity (Wildman–Crippen MR) is 72.9 cm³/mol. The van der Waals surface area contributed by atoms with Gasteiger partial charge in [-0.15, -0.1) is 5.10 Å². The van der Waals surface area contributed by atoms with Crippen LogP contribution in [0.3, 0.4) is 0 Å². The van der Waals surface area contributed by atoms with Crippen molar-refractivity contribution in [3.8, 4) is 11.5 Å². The van der Waals surface area contributed by atoms with Crippen molar-refractivity contribution in [1.82, 2.24) is 9.59 Å². The lowest BCUT2D eigenvalue weighted by molar-refractivity contribution is -0.0512. The van der Waals surface area contributed by atoms with Crippen LogP contribution < -0.4 is 9.47 Å². The van der Waals surface area contributed by atoms with Gasteiger partial charge in [0.2, 0.25) is 0 Å². The molecule has 0 saturated heterocycles. The van der Waals surface area contributed by atoms with Gasteiger partial charge < -0.3 is 9.47 Å². The maximum absolute atomic E-state index is 12.2. The summed E-state index contributed by atoms with van der Waals surface area (Å²) in [6.45, 7) is -2.96. The molecule has 0 atom stereocenters. The van der Waals surface area contributed by atoms with Gasteiger partial charge in [0.15, 0.2) is 17.3 Å². The van der Waals surface area contributed by atoms with Crippen LogP contribution in [-0.4, -0.2) is 29.1 Å². The maximum Gasteiger partial charge on any atom is 0.387 e. The van der Waals surface area contributed by atoms with E-state index < -0.39 is 6.61 Å². The third-order valence-electron chi connectivity index (χ3n) is 2.45. The SMILES string of the molecule is COc1cc(C(=O)/C=C/c2csnn2)ccc1OC(F)F. The van der Waals surface area contributed by atoms with Gasteiger partial charge >= 0.3 is 6.61 Å². The summed E-state index contributed by atoms with van der Waals surface area (Å²) in [5, 5.41) is 5.45. The standard InChI is InChI=1S/C13H10F2N2O3S/c1-19-12-6-8(2-5-11(12)20-13(14)15)10(18)4-3-9-7-21-17-16-9/h2-7,13H,1H3/b4-3+. The van der Waals surface area contributed by atoms with Crippen LogP contribution in [-0.2, 0) is 0 Å². The molecule has 8 heteroatoms. The Bertz CT molecular complexity index is 645. The number of ether oxygens (including phenoxy) is 2. The molecule has 110 valence electrons. The molecule has 0 amide bonds. The average Bonchev–Trinajstić information content (AvgIpc) is 2.98. The van der Waals surface area contributed by atoms with Gasteiger partial charge in [-0.1, -0.05) is 4.49 Å². The quantitative estimate of drug-likeness (QED) is 0.606. The van der Waals surface area contributed by atoms with E-state index in [1.807, 2.05) is 0 Å². The Morgan fingerprint density at radius 3 is 2.81 bits per heavy atom. The fraction of sp³-hybridized carbons (Fsp3) is 0.154. The number of alkyl halides is 2. The molecule has 0 radical (unpaired) electrons. The number of rotatable bonds is 6. The summed E-state index contributed by atoms with van der Waals surface area (Å²) < 4.78 is 37.3. The molecule has 1 heterocycles. The van der Waals surface area contributed by atoms with E-state index in [1.54, 1.807) is 5.38 Å². The Morgan fingerprint density at radius 1 is 1.38 bits per heavy atom. The lowest BCUT2D eigenvalue weighted by Crippen LogP contribution is -2.04. The molecule has 0 aliphatic heterocycles. The van der Waals surface area contributed by atoms with Crippen molar-refractivity contribution < 1.29 is 23.0 Å². The number of aromatic nitrogens is 2. The van der Waals surface area contributed by atoms with Crippen molar-refractivity contribution in [3.05, 3.63) is 40.9 Å². The lowest BCUT2D eigenvalue weighted by Gasteiger charge is -2.10. The Morgan fingerprint density at radius 2 is 2.19 bits per heavy atom. The van der Waals surface area contributed by atoms with Crippen LogP contribution in [0.4, 0.5) is 8.78 Å². The molecule has 0 unspecified atom stereocenters. The first-order valence-corrected chi connectivity index (χ1v) is 6.56. The molecule has 0 aliphatic carbocycles. The summed E-state index contributed by atoms with van der Waals surface area (Å²) >= 11 is 1.17. The molecule has 1 aromatic heterocycles. The Labute approximate surface area is 123 Å². The van der Waals surface area contributed by atoms with Gasteiger partial charge in [-0.05, 0) is 41.9 Å². The number of carbonyl (C=O) groups excluding carboxylic acids is 1. The number of allylic oxidation sites excluding steroid dienone is 1. The van der Waals surface area contributed by atoms with Crippen molar-refractivity contribution in [2.75, 3.05) is 7.11 Å². The Hall–Kier alpha value is -2.35. The number of halogens is 2. The normalized spacial score (nSPS) is 11.0. The largest absolute Gasteiger partial charge is 0.493 e. The van der Waals surface area contributed by atoms with E-state index in [9.17, 15) is 13.6 Å². The number of benzene rings is 1. The van der Waals surface area contributed by atoms with Crippen molar-refractivity contribution in [2.24, 2.45) is 0 Å². The Balaban J connectivity index is 2.18. The number of nitrogens with zero attached hydrogens (tertiary/aromatic N) is 2. The molecule has 1 aromatic carbocycles. The number of carbonyl (C=O) groups is 1. The zero-order valence-corrected chi connectivity index (χ0v) is 11.6. The molecular weight excluding hydrogens is 302 g/mol. The van der Waals surface area contributed by atoms with E-state index in [0.29, 0.717) is 5.69 Å². The molecule has 0 saturated carbocycles. The minimum Gasteiger partial charge on any atom is -0.493 e. The third-order valence-corrected chi connectivity index (χ3v) is 2.97. The topological polar surface area (TPSA) is 61.3 Å². The van der Waals surface area contributed by atoms with Crippen LogP contribution in [0.2, 0.25) is 0 Å². The molecule has 2 aromatic rings. The second-order valence-electron chi connectivity index (χ2n) is 3.77. The first-order valence-electron chi connectivity index (χ1n) is 5.72. The summed E-state index contributed by atoms with van der Waals surface area (Å²) in [5.74, 6) is -0.383. The highest BCUT2D eigenvalue weighted by molar-refractivity contribution is 7.03. The van der Waals surface area contributed by atoms with Crippen LogP contribution in [0.25, 0.3) is 6.08 Å². The van der Waals surface area contributed by atoms with Gasteiger partial charge in [-0.25, -0.2) is 0 Å². The van der Waals surface area contributed by atoms with E-state index in [2.05, 4.69) is 14.3 Å². The van der Waals surface area contributed by atoms with Crippen LogP contribution in [0.5, 0.6) is 11.5 Å². The van der Waals surface area contributed by atoms with E-state index in [0.717, 1.165) is 0 Å². The molecule has 0 N–H and O–H groups in total. The first-order chi connectivity index (χ1) is 10.1. The van der Waals surface area contributed by atoms with Gasteiger partial charge in [-0.3, -0.25) is 4.79 Å². The highest BCUT2D eigenvalue weighted by Gasteiger charge is 2.13. The molecule has 5 nitrogen and oxygen atoms in total. The predicted octanol–water partition coefficient (Wildman–Crippen LogP) is 3.04. The summed E-state index contributed by atoms with van der Waals surface area (Å²) in [4.78, 5) is 12.0. The molecule has 0 fully saturated rings. The van der Waals surface area contributed by atoms with Gasteiger partial charge in [-0.2, -0.15) is 8.78 Å². The summed E-state index contributed by atoms with van der Waals surface area (Å²) in [6, 6.07) is 3.98. The lowest BCUT2D eigenvalue weighted by atomic mass is 10.1. The minimum absolute atomic E-state index is 0.0601. The summed E-state index contributed by atoms with van der Waals surface area (Å²) in [6.07, 6.45) is 2.83. The van der Waals surface area contributed by atoms with Gasteiger partial charge in [0.05, 0.1) is 12.8 Å². The molecule has 21 heavy (non-hydrogen) atoms. The number of hydrogen-bond acceptors (Lipinski definition) is 6. The molecular formula is C13H10F2N2O3S. The van der Waals surface area contributed by atoms with Crippen LogP contribution in [0.15, 0.2) is 29.7 Å². The molecule has 0 aliphatic rings. The smallest absolute Gasteiger partial charge is 0.387 e. The van der Waals surface area contributed by atoms with Crippen LogP contribution in [0.1, 0.15) is 16.1 Å². The van der Waals surface area contributed by atoms with Crippen LogP contribution in [0, 0.1) is 0 Å². The number of ketones is 1. The van der Waals surface area contributed by atoms with Crippen molar-refractivity contribution in [3.63, 3.8) is 0 Å².